The molecule has 4 saturated heterocycles. The van der Waals surface area contributed by atoms with Gasteiger partial charge < -0.3 is 99.2 Å². The lowest BCUT2D eigenvalue weighted by Gasteiger charge is -2.71. The molecular formula is C52H84O21. The maximum absolute atomic E-state index is 15.5. The highest BCUT2D eigenvalue weighted by Gasteiger charge is 2.71. The number of allylic oxidation sites excluding steroid dienone is 2. The first-order valence-corrected chi connectivity index (χ1v) is 26.7. The van der Waals surface area contributed by atoms with E-state index in [-0.39, 0.29) is 59.2 Å². The lowest BCUT2D eigenvalue weighted by atomic mass is 9.33. The topological polar surface area (TPSA) is 334 Å². The molecule has 0 spiro atoms. The minimum absolute atomic E-state index is 0.0214. The van der Waals surface area contributed by atoms with E-state index < -0.39 is 140 Å². The van der Waals surface area contributed by atoms with Crippen LogP contribution in [-0.4, -0.2) is 210 Å². The normalized spacial score (nSPS) is 55.0. The standard InChI is InChI=1S/C52H84O21/c1-23-32(56)36(60)40(64)44(69-23)72-41-37(61)35(59)28(21-68-42-38(62)33(57)26(54)19-66-42)70-45(41)73-46(65)52-16-14-47(2,3)18-25(52)24-8-9-30-48(4)12-11-31(71-43-39(63)34(58)27(55)20-67-43)49(5,22-53)29(48)10-13-51(30,7)50(24,6)15-17-52/h8,23,25-45,53-64H,9-22H2,1-7H3. The van der Waals surface area contributed by atoms with Gasteiger partial charge in [0.2, 0.25) is 6.29 Å². The maximum atomic E-state index is 15.5. The van der Waals surface area contributed by atoms with Gasteiger partial charge in [0.1, 0.15) is 73.2 Å². The van der Waals surface area contributed by atoms with E-state index in [0.717, 1.165) is 25.7 Å². The van der Waals surface area contributed by atoms with Gasteiger partial charge in [-0.15, -0.1) is 0 Å². The predicted octanol–water partition coefficient (Wildman–Crippen LogP) is -0.757. The van der Waals surface area contributed by atoms with E-state index in [2.05, 4.69) is 40.7 Å². The fraction of sp³-hybridized carbons (Fsp3) is 0.942. The predicted molar refractivity (Wildman–Crippen MR) is 251 cm³/mol. The molecule has 21 heteroatoms. The molecule has 12 N–H and O–H groups in total. The van der Waals surface area contributed by atoms with Gasteiger partial charge in [-0.25, -0.2) is 0 Å². The average molecular weight is 1050 g/mol. The molecule has 0 aromatic heterocycles. The SMILES string of the molecule is CC1OC(OC2C(OC(=O)C34CCC(C)(C)CC3C3=CCC5C6(C)CCC(OC7OCC(O)C(O)C7O)C(C)(CO)C6CCC5(C)C3(C)CC4)OC(COC3OCC(O)C(O)C3O)C(O)C2O)C(O)C(O)C1O. The van der Waals surface area contributed by atoms with Crippen LogP contribution in [-0.2, 0) is 42.7 Å². The van der Waals surface area contributed by atoms with E-state index in [0.29, 0.717) is 38.5 Å². The van der Waals surface area contributed by atoms with E-state index in [1.165, 1.54) is 12.5 Å². The first-order valence-electron chi connectivity index (χ1n) is 26.7. The molecule has 9 rings (SSSR count). The molecule has 27 atom stereocenters. The highest BCUT2D eigenvalue weighted by atomic mass is 16.8. The highest BCUT2D eigenvalue weighted by Crippen LogP contribution is 2.76. The molecule has 0 amide bonds. The minimum Gasteiger partial charge on any atom is -0.432 e. The third kappa shape index (κ3) is 9.20. The second-order valence-electron chi connectivity index (χ2n) is 25.2. The maximum Gasteiger partial charge on any atom is 0.315 e. The molecule has 21 nitrogen and oxygen atoms in total. The van der Waals surface area contributed by atoms with Gasteiger partial charge in [0.15, 0.2) is 25.0 Å². The van der Waals surface area contributed by atoms with Crippen molar-refractivity contribution < 1.29 is 104 Å². The zero-order valence-corrected chi connectivity index (χ0v) is 43.2. The van der Waals surface area contributed by atoms with Gasteiger partial charge in [0.05, 0.1) is 44.1 Å². The molecule has 418 valence electrons. The van der Waals surface area contributed by atoms with Crippen LogP contribution < -0.4 is 0 Å². The molecule has 0 bridgehead atoms. The number of esters is 1. The van der Waals surface area contributed by atoms with Crippen LogP contribution in [0.1, 0.15) is 113 Å². The molecular weight excluding hydrogens is 961 g/mol. The summed E-state index contributed by atoms with van der Waals surface area (Å²) in [6, 6.07) is 0. The summed E-state index contributed by atoms with van der Waals surface area (Å²) < 4.78 is 47.7. The molecule has 27 unspecified atom stereocenters. The van der Waals surface area contributed by atoms with Crippen molar-refractivity contribution in [1.82, 2.24) is 0 Å². The van der Waals surface area contributed by atoms with Crippen molar-refractivity contribution in [3.05, 3.63) is 11.6 Å². The van der Waals surface area contributed by atoms with E-state index in [1.807, 2.05) is 6.92 Å². The van der Waals surface area contributed by atoms with Crippen molar-refractivity contribution in [2.45, 2.75) is 229 Å². The Morgan fingerprint density at radius 2 is 1.27 bits per heavy atom. The molecule has 4 saturated carbocycles. The molecule has 5 aliphatic carbocycles. The second-order valence-corrected chi connectivity index (χ2v) is 25.2. The van der Waals surface area contributed by atoms with Crippen LogP contribution in [0.15, 0.2) is 11.6 Å². The summed E-state index contributed by atoms with van der Waals surface area (Å²) >= 11 is 0. The van der Waals surface area contributed by atoms with E-state index >= 15 is 4.79 Å². The molecule has 4 heterocycles. The van der Waals surface area contributed by atoms with Gasteiger partial charge in [-0.05, 0) is 111 Å². The number of rotatable bonds is 10. The van der Waals surface area contributed by atoms with Crippen LogP contribution in [0.25, 0.3) is 0 Å². The number of carbonyl (C=O) groups is 1. The zero-order valence-electron chi connectivity index (χ0n) is 43.2. The van der Waals surface area contributed by atoms with Gasteiger partial charge in [-0.3, -0.25) is 4.79 Å². The van der Waals surface area contributed by atoms with Gasteiger partial charge in [0.25, 0.3) is 0 Å². The van der Waals surface area contributed by atoms with Crippen LogP contribution in [0.3, 0.4) is 0 Å². The number of hydrogen-bond acceptors (Lipinski definition) is 21. The molecule has 0 radical (unpaired) electrons. The van der Waals surface area contributed by atoms with Gasteiger partial charge in [0, 0.05) is 5.41 Å². The lowest BCUT2D eigenvalue weighted by molar-refractivity contribution is -0.365. The number of hydrogen-bond donors (Lipinski definition) is 12. The third-order valence-corrected chi connectivity index (χ3v) is 20.7. The summed E-state index contributed by atoms with van der Waals surface area (Å²) in [5.41, 5.74) is -1.62. The summed E-state index contributed by atoms with van der Waals surface area (Å²) in [5, 5.41) is 129. The number of aliphatic hydroxyl groups is 12. The highest BCUT2D eigenvalue weighted by molar-refractivity contribution is 5.79. The van der Waals surface area contributed by atoms with E-state index in [1.54, 1.807) is 0 Å². The molecule has 73 heavy (non-hydrogen) atoms. The average Bonchev–Trinajstić information content (AvgIpc) is 3.34. The summed E-state index contributed by atoms with van der Waals surface area (Å²) in [6.45, 7) is 13.7. The van der Waals surface area contributed by atoms with Gasteiger partial charge >= 0.3 is 5.97 Å². The fourth-order valence-corrected chi connectivity index (χ4v) is 15.8. The minimum atomic E-state index is -1.88. The van der Waals surface area contributed by atoms with Gasteiger partial charge in [-0.1, -0.05) is 53.2 Å². The van der Waals surface area contributed by atoms with Crippen LogP contribution in [0.2, 0.25) is 0 Å². The molecule has 0 aromatic carbocycles. The van der Waals surface area contributed by atoms with Crippen molar-refractivity contribution in [3.8, 4) is 0 Å². The van der Waals surface area contributed by atoms with Crippen molar-refractivity contribution in [2.24, 2.45) is 50.2 Å². The van der Waals surface area contributed by atoms with E-state index in [9.17, 15) is 61.3 Å². The monoisotopic (exact) mass is 1040 g/mol. The Labute approximate surface area is 426 Å². The zero-order chi connectivity index (χ0) is 53.1. The van der Waals surface area contributed by atoms with Crippen molar-refractivity contribution in [1.29, 1.82) is 0 Å². The van der Waals surface area contributed by atoms with Crippen LogP contribution >= 0.6 is 0 Å². The number of fused-ring (bicyclic) bond motifs is 7. The third-order valence-electron chi connectivity index (χ3n) is 20.7. The Morgan fingerprint density at radius 3 is 1.95 bits per heavy atom. The summed E-state index contributed by atoms with van der Waals surface area (Å²) in [6.07, 6.45) is -19.2. The first kappa shape index (κ1) is 56.2. The van der Waals surface area contributed by atoms with Crippen LogP contribution in [0, 0.1) is 50.2 Å². The Morgan fingerprint density at radius 1 is 0.644 bits per heavy atom. The molecule has 0 aromatic rings. The van der Waals surface area contributed by atoms with Crippen LogP contribution in [0.4, 0.5) is 0 Å². The van der Waals surface area contributed by atoms with Crippen molar-refractivity contribution >= 4 is 5.97 Å². The van der Waals surface area contributed by atoms with E-state index in [4.69, 9.17) is 37.9 Å². The van der Waals surface area contributed by atoms with Gasteiger partial charge in [-0.2, -0.15) is 0 Å². The molecule has 8 fully saturated rings. The van der Waals surface area contributed by atoms with Crippen molar-refractivity contribution in [2.75, 3.05) is 26.4 Å². The summed E-state index contributed by atoms with van der Waals surface area (Å²) in [7, 11) is 0. The first-order chi connectivity index (χ1) is 34.2. The Hall–Kier alpha value is -1.55. The second kappa shape index (κ2) is 20.3. The lowest BCUT2D eigenvalue weighted by Crippen LogP contribution is -2.67. The Kier molecular flexibility index (Phi) is 15.6. The summed E-state index contributed by atoms with van der Waals surface area (Å²) in [5.74, 6) is -0.687. The summed E-state index contributed by atoms with van der Waals surface area (Å²) in [4.78, 5) is 15.5. The number of ether oxygens (including phenoxy) is 8. The molecule has 9 aliphatic rings. The Balaban J connectivity index is 0.993. The number of aliphatic hydroxyl groups excluding tert-OH is 12. The fourth-order valence-electron chi connectivity index (χ4n) is 15.8. The molecule has 4 aliphatic heterocycles. The largest absolute Gasteiger partial charge is 0.432 e. The van der Waals surface area contributed by atoms with Crippen LogP contribution in [0.5, 0.6) is 0 Å². The Bertz CT molecular complexity index is 2010. The quantitative estimate of drug-likeness (QED) is 0.0727. The smallest absolute Gasteiger partial charge is 0.315 e. The van der Waals surface area contributed by atoms with Crippen molar-refractivity contribution in [3.63, 3.8) is 0 Å². The number of carbonyl (C=O) groups excluding carboxylic acids is 1.